The molecule has 1 aliphatic rings. The molecule has 82 valence electrons. The molecule has 1 aliphatic heterocycles. The molecule has 2 rings (SSSR count). The molecule has 1 fully saturated rings. The van der Waals surface area contributed by atoms with Gasteiger partial charge in [-0.25, -0.2) is 0 Å². The molecular formula is C11H15NO2S. The van der Waals surface area contributed by atoms with Crippen molar-refractivity contribution in [3.63, 3.8) is 0 Å². The maximum absolute atomic E-state index is 11.6. The van der Waals surface area contributed by atoms with Crippen molar-refractivity contribution >= 4 is 17.2 Å². The van der Waals surface area contributed by atoms with E-state index in [2.05, 4.69) is 12.2 Å². The van der Waals surface area contributed by atoms with E-state index in [1.165, 1.54) is 11.3 Å². The Kier molecular flexibility index (Phi) is 3.38. The van der Waals surface area contributed by atoms with Gasteiger partial charge in [0.15, 0.2) is 0 Å². The van der Waals surface area contributed by atoms with Crippen LogP contribution in [0.5, 0.6) is 0 Å². The van der Waals surface area contributed by atoms with Gasteiger partial charge in [0.25, 0.3) is 5.91 Å². The van der Waals surface area contributed by atoms with Gasteiger partial charge in [0.05, 0.1) is 11.0 Å². The van der Waals surface area contributed by atoms with Crippen LogP contribution in [-0.4, -0.2) is 25.2 Å². The summed E-state index contributed by atoms with van der Waals surface area (Å²) < 4.78 is 5.44. The summed E-state index contributed by atoms with van der Waals surface area (Å²) in [6, 6.07) is 3.73. The molecule has 0 aliphatic carbocycles. The molecule has 0 aromatic carbocycles. The number of nitrogens with one attached hydrogen (secondary N) is 1. The van der Waals surface area contributed by atoms with Gasteiger partial charge in [-0.15, -0.1) is 11.3 Å². The Morgan fingerprint density at radius 2 is 2.60 bits per heavy atom. The van der Waals surface area contributed by atoms with E-state index in [4.69, 9.17) is 4.74 Å². The van der Waals surface area contributed by atoms with E-state index >= 15 is 0 Å². The summed E-state index contributed by atoms with van der Waals surface area (Å²) in [5.41, 5.74) is 0. The van der Waals surface area contributed by atoms with Gasteiger partial charge in [-0.05, 0) is 24.8 Å². The van der Waals surface area contributed by atoms with Crippen molar-refractivity contribution in [3.8, 4) is 0 Å². The quantitative estimate of drug-likeness (QED) is 0.853. The van der Waals surface area contributed by atoms with Crippen LogP contribution in [0.1, 0.15) is 23.0 Å². The zero-order valence-corrected chi connectivity index (χ0v) is 9.55. The molecular weight excluding hydrogens is 210 g/mol. The van der Waals surface area contributed by atoms with Gasteiger partial charge in [-0.3, -0.25) is 4.79 Å². The molecule has 1 N–H and O–H groups in total. The van der Waals surface area contributed by atoms with Crippen molar-refractivity contribution in [1.82, 2.24) is 5.32 Å². The molecule has 0 bridgehead atoms. The van der Waals surface area contributed by atoms with Crippen molar-refractivity contribution in [2.45, 2.75) is 19.4 Å². The lowest BCUT2D eigenvalue weighted by atomic mass is 10.0. The number of amides is 1. The highest BCUT2D eigenvalue weighted by Gasteiger charge is 2.24. The Balaban J connectivity index is 1.81. The molecule has 1 amide bonds. The predicted octanol–water partition coefficient (Wildman–Crippen LogP) is 1.90. The largest absolute Gasteiger partial charge is 0.378 e. The van der Waals surface area contributed by atoms with Gasteiger partial charge < -0.3 is 10.1 Å². The van der Waals surface area contributed by atoms with Crippen LogP contribution in [0, 0.1) is 5.92 Å². The van der Waals surface area contributed by atoms with Gasteiger partial charge >= 0.3 is 0 Å². The van der Waals surface area contributed by atoms with Crippen LogP contribution in [0.25, 0.3) is 0 Å². The van der Waals surface area contributed by atoms with Crippen molar-refractivity contribution in [2.24, 2.45) is 5.92 Å². The Morgan fingerprint density at radius 1 is 1.73 bits per heavy atom. The van der Waals surface area contributed by atoms with Crippen molar-refractivity contribution in [2.75, 3.05) is 13.2 Å². The van der Waals surface area contributed by atoms with E-state index in [1.54, 1.807) is 0 Å². The highest BCUT2D eigenvalue weighted by Crippen LogP contribution is 2.19. The van der Waals surface area contributed by atoms with Crippen LogP contribution in [0.15, 0.2) is 17.5 Å². The molecule has 0 radical (unpaired) electrons. The maximum Gasteiger partial charge on any atom is 0.261 e. The van der Waals surface area contributed by atoms with Crippen LogP contribution in [0.4, 0.5) is 0 Å². The number of ether oxygens (including phenoxy) is 1. The molecule has 1 aromatic heterocycles. The third-order valence-corrected chi connectivity index (χ3v) is 3.67. The Bertz CT molecular complexity index is 323. The smallest absolute Gasteiger partial charge is 0.261 e. The summed E-state index contributed by atoms with van der Waals surface area (Å²) in [7, 11) is 0. The fourth-order valence-electron chi connectivity index (χ4n) is 1.76. The monoisotopic (exact) mass is 225 g/mol. The van der Waals surface area contributed by atoms with Gasteiger partial charge in [0, 0.05) is 19.1 Å². The second-order valence-corrected chi connectivity index (χ2v) is 4.76. The van der Waals surface area contributed by atoms with E-state index in [9.17, 15) is 4.79 Å². The predicted molar refractivity (Wildman–Crippen MR) is 60.2 cm³/mol. The maximum atomic E-state index is 11.6. The lowest BCUT2D eigenvalue weighted by Crippen LogP contribution is -2.31. The molecule has 2 atom stereocenters. The van der Waals surface area contributed by atoms with E-state index in [0.717, 1.165) is 24.4 Å². The van der Waals surface area contributed by atoms with Crippen LogP contribution in [0.3, 0.4) is 0 Å². The summed E-state index contributed by atoms with van der Waals surface area (Å²) in [6.45, 7) is 3.60. The van der Waals surface area contributed by atoms with E-state index in [-0.39, 0.29) is 12.0 Å². The molecule has 15 heavy (non-hydrogen) atoms. The molecule has 0 saturated carbocycles. The minimum Gasteiger partial charge on any atom is -0.378 e. The molecule has 1 saturated heterocycles. The van der Waals surface area contributed by atoms with Crippen molar-refractivity contribution < 1.29 is 9.53 Å². The highest BCUT2D eigenvalue weighted by molar-refractivity contribution is 7.12. The van der Waals surface area contributed by atoms with Crippen molar-refractivity contribution in [3.05, 3.63) is 22.4 Å². The summed E-state index contributed by atoms with van der Waals surface area (Å²) in [6.07, 6.45) is 1.32. The standard InChI is InChI=1S/C11H15NO2S/c1-8-9(4-5-14-8)7-12-11(13)10-3-2-6-15-10/h2-3,6,8-9H,4-5,7H2,1H3,(H,12,13). The molecule has 4 heteroatoms. The fourth-order valence-corrected chi connectivity index (χ4v) is 2.40. The number of rotatable bonds is 3. The lowest BCUT2D eigenvalue weighted by molar-refractivity contribution is 0.0911. The first kappa shape index (κ1) is 10.6. The van der Waals surface area contributed by atoms with Gasteiger partial charge in [-0.1, -0.05) is 6.07 Å². The van der Waals surface area contributed by atoms with Gasteiger partial charge in [0.1, 0.15) is 0 Å². The number of thiophene rings is 1. The van der Waals surface area contributed by atoms with Crippen LogP contribution in [0.2, 0.25) is 0 Å². The van der Waals surface area contributed by atoms with Gasteiger partial charge in [0.2, 0.25) is 0 Å². The third-order valence-electron chi connectivity index (χ3n) is 2.80. The number of hydrogen-bond donors (Lipinski definition) is 1. The van der Waals surface area contributed by atoms with Gasteiger partial charge in [-0.2, -0.15) is 0 Å². The normalized spacial score (nSPS) is 25.4. The van der Waals surface area contributed by atoms with Crippen LogP contribution >= 0.6 is 11.3 Å². The fraction of sp³-hybridized carbons (Fsp3) is 0.545. The minimum absolute atomic E-state index is 0.0316. The number of carbonyl (C=O) groups excluding carboxylic acids is 1. The average Bonchev–Trinajstić information content (AvgIpc) is 2.85. The molecule has 2 heterocycles. The first-order chi connectivity index (χ1) is 7.27. The molecule has 0 spiro atoms. The van der Waals surface area contributed by atoms with Crippen LogP contribution in [-0.2, 0) is 4.74 Å². The number of carbonyl (C=O) groups is 1. The summed E-state index contributed by atoms with van der Waals surface area (Å²) >= 11 is 1.47. The average molecular weight is 225 g/mol. The Hall–Kier alpha value is -0.870. The van der Waals surface area contributed by atoms with Crippen LogP contribution < -0.4 is 5.32 Å². The third kappa shape index (κ3) is 2.58. The molecule has 2 unspecified atom stereocenters. The summed E-state index contributed by atoms with van der Waals surface area (Å²) in [5.74, 6) is 0.498. The molecule has 3 nitrogen and oxygen atoms in total. The SMILES string of the molecule is CC1OCCC1CNC(=O)c1cccs1. The summed E-state index contributed by atoms with van der Waals surface area (Å²) in [5, 5.41) is 4.86. The molecule has 1 aromatic rings. The topological polar surface area (TPSA) is 38.3 Å². The second kappa shape index (κ2) is 4.77. The zero-order chi connectivity index (χ0) is 10.7. The lowest BCUT2D eigenvalue weighted by Gasteiger charge is -2.14. The Labute approximate surface area is 93.4 Å². The highest BCUT2D eigenvalue weighted by atomic mass is 32.1. The second-order valence-electron chi connectivity index (χ2n) is 3.81. The first-order valence-corrected chi connectivity index (χ1v) is 6.08. The Morgan fingerprint density at radius 3 is 3.20 bits per heavy atom. The minimum atomic E-state index is 0.0316. The van der Waals surface area contributed by atoms with E-state index in [1.807, 2.05) is 17.5 Å². The van der Waals surface area contributed by atoms with E-state index < -0.39 is 0 Å². The van der Waals surface area contributed by atoms with Crippen molar-refractivity contribution in [1.29, 1.82) is 0 Å². The number of hydrogen-bond acceptors (Lipinski definition) is 3. The first-order valence-electron chi connectivity index (χ1n) is 5.20. The summed E-state index contributed by atoms with van der Waals surface area (Å²) in [4.78, 5) is 12.4. The zero-order valence-electron chi connectivity index (χ0n) is 8.73. The van der Waals surface area contributed by atoms with E-state index in [0.29, 0.717) is 5.92 Å².